The predicted octanol–water partition coefficient (Wildman–Crippen LogP) is 2.80. The number of hydrogen-bond donors (Lipinski definition) is 1. The molecule has 0 bridgehead atoms. The van der Waals surface area contributed by atoms with Gasteiger partial charge in [0.1, 0.15) is 11.5 Å². The number of methoxy groups -OCH3 is 2. The number of hydrogen-bond acceptors (Lipinski definition) is 4. The van der Waals surface area contributed by atoms with Crippen LogP contribution in [0.5, 0.6) is 11.5 Å². The average molecular weight is 335 g/mol. The zero-order chi connectivity index (χ0) is 17.0. The molecule has 0 spiro atoms. The van der Waals surface area contributed by atoms with Crippen LogP contribution in [0, 0.1) is 13.8 Å². The number of ether oxygens (including phenoxy) is 2. The van der Waals surface area contributed by atoms with Crippen LogP contribution in [-0.2, 0) is 16.6 Å². The van der Waals surface area contributed by atoms with Crippen LogP contribution in [0.2, 0.25) is 0 Å². The highest BCUT2D eigenvalue weighted by molar-refractivity contribution is 7.89. The van der Waals surface area contributed by atoms with E-state index in [4.69, 9.17) is 9.47 Å². The smallest absolute Gasteiger partial charge is 0.241 e. The van der Waals surface area contributed by atoms with E-state index in [2.05, 4.69) is 4.72 Å². The van der Waals surface area contributed by atoms with Crippen LogP contribution in [0.1, 0.15) is 16.7 Å². The Morgan fingerprint density at radius 2 is 1.57 bits per heavy atom. The third-order valence-electron chi connectivity index (χ3n) is 3.50. The van der Waals surface area contributed by atoms with Gasteiger partial charge in [0, 0.05) is 12.6 Å². The van der Waals surface area contributed by atoms with Gasteiger partial charge in [0.25, 0.3) is 0 Å². The standard InChI is InChI=1S/C17H21NO4S/c1-12-5-6-17(13(2)7-12)23(19,20)18-11-14-8-15(21-3)10-16(9-14)22-4/h5-10,18H,11H2,1-4H3. The molecule has 0 atom stereocenters. The molecule has 0 saturated carbocycles. The highest BCUT2D eigenvalue weighted by Crippen LogP contribution is 2.23. The molecule has 0 fully saturated rings. The van der Waals surface area contributed by atoms with Gasteiger partial charge in [-0.1, -0.05) is 17.7 Å². The third-order valence-corrected chi connectivity index (χ3v) is 5.06. The van der Waals surface area contributed by atoms with Gasteiger partial charge in [0.2, 0.25) is 10.0 Å². The zero-order valence-corrected chi connectivity index (χ0v) is 14.5. The van der Waals surface area contributed by atoms with E-state index in [1.807, 2.05) is 13.0 Å². The number of aryl methyl sites for hydroxylation is 2. The van der Waals surface area contributed by atoms with Crippen LogP contribution in [0.15, 0.2) is 41.3 Å². The highest BCUT2D eigenvalue weighted by Gasteiger charge is 2.16. The summed E-state index contributed by atoms with van der Waals surface area (Å²) < 4.78 is 37.9. The van der Waals surface area contributed by atoms with Crippen LogP contribution >= 0.6 is 0 Å². The summed E-state index contributed by atoms with van der Waals surface area (Å²) in [6.45, 7) is 3.87. The fourth-order valence-electron chi connectivity index (χ4n) is 2.33. The lowest BCUT2D eigenvalue weighted by molar-refractivity contribution is 0.393. The highest BCUT2D eigenvalue weighted by atomic mass is 32.2. The lowest BCUT2D eigenvalue weighted by Gasteiger charge is -2.12. The topological polar surface area (TPSA) is 64.6 Å². The molecule has 2 rings (SSSR count). The Labute approximate surface area is 137 Å². The summed E-state index contributed by atoms with van der Waals surface area (Å²) in [5.41, 5.74) is 2.51. The van der Waals surface area contributed by atoms with Gasteiger partial charge in [0.05, 0.1) is 19.1 Å². The molecule has 6 heteroatoms. The normalized spacial score (nSPS) is 11.3. The minimum atomic E-state index is -3.58. The first-order valence-electron chi connectivity index (χ1n) is 7.14. The van der Waals surface area contributed by atoms with Crippen molar-refractivity contribution in [1.29, 1.82) is 0 Å². The molecular weight excluding hydrogens is 314 g/mol. The second-order valence-corrected chi connectivity index (χ2v) is 7.05. The summed E-state index contributed by atoms with van der Waals surface area (Å²) in [5, 5.41) is 0. The summed E-state index contributed by atoms with van der Waals surface area (Å²) in [4.78, 5) is 0.290. The summed E-state index contributed by atoms with van der Waals surface area (Å²) in [6, 6.07) is 10.5. The van der Waals surface area contributed by atoms with E-state index in [0.717, 1.165) is 16.7 Å². The van der Waals surface area contributed by atoms with Crippen molar-refractivity contribution >= 4 is 10.0 Å². The van der Waals surface area contributed by atoms with Gasteiger partial charge < -0.3 is 9.47 Å². The molecule has 2 aromatic rings. The van der Waals surface area contributed by atoms with Gasteiger partial charge in [-0.05, 0) is 43.2 Å². The van der Waals surface area contributed by atoms with Crippen LogP contribution in [0.25, 0.3) is 0 Å². The van der Waals surface area contributed by atoms with E-state index in [-0.39, 0.29) is 11.4 Å². The molecule has 0 saturated heterocycles. The quantitative estimate of drug-likeness (QED) is 0.882. The maximum atomic E-state index is 12.5. The summed E-state index contributed by atoms with van der Waals surface area (Å²) in [5.74, 6) is 1.23. The Morgan fingerprint density at radius 1 is 0.957 bits per heavy atom. The SMILES string of the molecule is COc1cc(CNS(=O)(=O)c2ccc(C)cc2C)cc(OC)c1. The Hall–Kier alpha value is -2.05. The molecule has 124 valence electrons. The summed E-state index contributed by atoms with van der Waals surface area (Å²) in [6.07, 6.45) is 0. The van der Waals surface area contributed by atoms with Crippen molar-refractivity contribution < 1.29 is 17.9 Å². The second-order valence-electron chi connectivity index (χ2n) is 5.31. The first kappa shape index (κ1) is 17.3. The van der Waals surface area contributed by atoms with Gasteiger partial charge in [-0.25, -0.2) is 13.1 Å². The second kappa shape index (κ2) is 7.02. The zero-order valence-electron chi connectivity index (χ0n) is 13.7. The minimum absolute atomic E-state index is 0.156. The molecule has 0 unspecified atom stereocenters. The minimum Gasteiger partial charge on any atom is -0.497 e. The number of sulfonamides is 1. The largest absolute Gasteiger partial charge is 0.497 e. The third kappa shape index (κ3) is 4.24. The van der Waals surface area contributed by atoms with E-state index < -0.39 is 10.0 Å². The lowest BCUT2D eigenvalue weighted by atomic mass is 10.2. The van der Waals surface area contributed by atoms with Gasteiger partial charge in [0.15, 0.2) is 0 Å². The van der Waals surface area contributed by atoms with Crippen LogP contribution < -0.4 is 14.2 Å². The Balaban J connectivity index is 2.22. The fourth-order valence-corrected chi connectivity index (χ4v) is 3.57. The van der Waals surface area contributed by atoms with E-state index in [9.17, 15) is 8.42 Å². The molecule has 0 amide bonds. The molecule has 0 heterocycles. The molecule has 5 nitrogen and oxygen atoms in total. The van der Waals surface area contributed by atoms with Crippen molar-refractivity contribution in [2.75, 3.05) is 14.2 Å². The number of benzene rings is 2. The van der Waals surface area contributed by atoms with Crippen molar-refractivity contribution in [2.45, 2.75) is 25.3 Å². The first-order valence-corrected chi connectivity index (χ1v) is 8.63. The predicted molar refractivity (Wildman–Crippen MR) is 89.5 cm³/mol. The molecular formula is C17H21NO4S. The molecule has 23 heavy (non-hydrogen) atoms. The van der Waals surface area contributed by atoms with Gasteiger partial charge >= 0.3 is 0 Å². The summed E-state index contributed by atoms with van der Waals surface area (Å²) >= 11 is 0. The fraction of sp³-hybridized carbons (Fsp3) is 0.294. The Kier molecular flexibility index (Phi) is 5.28. The van der Waals surface area contributed by atoms with E-state index >= 15 is 0 Å². The maximum Gasteiger partial charge on any atom is 0.241 e. The van der Waals surface area contributed by atoms with Crippen LogP contribution in [-0.4, -0.2) is 22.6 Å². The Morgan fingerprint density at radius 3 is 2.09 bits per heavy atom. The number of rotatable bonds is 6. The van der Waals surface area contributed by atoms with Gasteiger partial charge in [-0.3, -0.25) is 0 Å². The van der Waals surface area contributed by atoms with Crippen molar-refractivity contribution in [2.24, 2.45) is 0 Å². The Bertz CT molecular complexity index is 778. The first-order chi connectivity index (χ1) is 10.9. The molecule has 0 radical (unpaired) electrons. The molecule has 2 aromatic carbocycles. The molecule has 0 aliphatic carbocycles. The van der Waals surface area contributed by atoms with Gasteiger partial charge in [-0.2, -0.15) is 0 Å². The van der Waals surface area contributed by atoms with Crippen molar-refractivity contribution in [3.05, 3.63) is 53.1 Å². The summed E-state index contributed by atoms with van der Waals surface area (Å²) in [7, 11) is -0.469. The van der Waals surface area contributed by atoms with Gasteiger partial charge in [-0.15, -0.1) is 0 Å². The van der Waals surface area contributed by atoms with Crippen molar-refractivity contribution in [3.63, 3.8) is 0 Å². The molecule has 0 aliphatic rings. The monoisotopic (exact) mass is 335 g/mol. The van der Waals surface area contributed by atoms with Crippen molar-refractivity contribution in [1.82, 2.24) is 4.72 Å². The maximum absolute atomic E-state index is 12.5. The molecule has 0 aromatic heterocycles. The molecule has 1 N–H and O–H groups in total. The number of nitrogens with one attached hydrogen (secondary N) is 1. The van der Waals surface area contributed by atoms with Crippen LogP contribution in [0.3, 0.4) is 0 Å². The van der Waals surface area contributed by atoms with E-state index in [0.29, 0.717) is 11.5 Å². The van der Waals surface area contributed by atoms with E-state index in [1.165, 1.54) is 0 Å². The van der Waals surface area contributed by atoms with Crippen molar-refractivity contribution in [3.8, 4) is 11.5 Å². The van der Waals surface area contributed by atoms with E-state index in [1.54, 1.807) is 51.5 Å². The van der Waals surface area contributed by atoms with Crippen LogP contribution in [0.4, 0.5) is 0 Å². The average Bonchev–Trinajstić information content (AvgIpc) is 2.52. The molecule has 0 aliphatic heterocycles. The lowest BCUT2D eigenvalue weighted by Crippen LogP contribution is -2.24.